The van der Waals surface area contributed by atoms with Crippen LogP contribution in [0.5, 0.6) is 17.2 Å². The van der Waals surface area contributed by atoms with E-state index in [1.807, 2.05) is 39.5 Å². The van der Waals surface area contributed by atoms with E-state index in [0.29, 0.717) is 18.1 Å². The van der Waals surface area contributed by atoms with Crippen molar-refractivity contribution in [2.75, 3.05) is 13.1 Å². The van der Waals surface area contributed by atoms with Crippen LogP contribution in [0.15, 0.2) is 69.9 Å². The summed E-state index contributed by atoms with van der Waals surface area (Å²) in [5.41, 5.74) is 0.0188. The minimum Gasteiger partial charge on any atom is -0.449 e. The van der Waals surface area contributed by atoms with Gasteiger partial charge in [-0.25, -0.2) is 4.79 Å². The van der Waals surface area contributed by atoms with E-state index < -0.39 is 29.1 Å². The highest BCUT2D eigenvalue weighted by molar-refractivity contribution is 6.30. The molecule has 0 saturated heterocycles. The molecule has 45 heavy (non-hydrogen) atoms. The van der Waals surface area contributed by atoms with Gasteiger partial charge >= 0.3 is 12.1 Å². The van der Waals surface area contributed by atoms with E-state index in [9.17, 15) is 22.8 Å². The van der Waals surface area contributed by atoms with Gasteiger partial charge in [-0.05, 0) is 72.4 Å². The molecule has 0 N–H and O–H groups in total. The van der Waals surface area contributed by atoms with Crippen LogP contribution in [-0.2, 0) is 19.1 Å². The van der Waals surface area contributed by atoms with E-state index in [1.54, 1.807) is 12.1 Å². The lowest BCUT2D eigenvalue weighted by Crippen LogP contribution is -2.31. The molecule has 0 atom stereocenters. The van der Waals surface area contributed by atoms with Gasteiger partial charge in [-0.2, -0.15) is 13.2 Å². The van der Waals surface area contributed by atoms with E-state index in [-0.39, 0.29) is 52.0 Å². The smallest absolute Gasteiger partial charge is 0.449 e. The Labute approximate surface area is 265 Å². The molecule has 3 aromatic carbocycles. The van der Waals surface area contributed by atoms with Gasteiger partial charge in [-0.1, -0.05) is 64.8 Å². The number of alkyl halides is 3. The highest BCUT2D eigenvalue weighted by Gasteiger charge is 2.41. The molecule has 10 heteroatoms. The fraction of sp³-hybridized carbons (Fsp3) is 0.371. The van der Waals surface area contributed by atoms with E-state index in [0.717, 1.165) is 18.4 Å². The molecule has 0 aliphatic carbocycles. The maximum atomic E-state index is 14.5. The summed E-state index contributed by atoms with van der Waals surface area (Å²) >= 11 is 5.96. The Bertz CT molecular complexity index is 1670. The van der Waals surface area contributed by atoms with Crippen LogP contribution < -0.4 is 14.9 Å². The first-order valence-electron chi connectivity index (χ1n) is 14.9. The summed E-state index contributed by atoms with van der Waals surface area (Å²) in [6, 6.07) is 15.2. The first-order valence-corrected chi connectivity index (χ1v) is 15.3. The van der Waals surface area contributed by atoms with Gasteiger partial charge in [0.25, 0.3) is 5.76 Å². The predicted molar refractivity (Wildman–Crippen MR) is 169 cm³/mol. The van der Waals surface area contributed by atoms with Gasteiger partial charge in [0.15, 0.2) is 0 Å². The molecular formula is C35H37ClF3NO5. The molecule has 240 valence electrons. The number of esters is 1. The van der Waals surface area contributed by atoms with Crippen molar-refractivity contribution in [3.8, 4) is 17.2 Å². The van der Waals surface area contributed by atoms with Crippen molar-refractivity contribution in [1.82, 2.24) is 4.90 Å². The van der Waals surface area contributed by atoms with Gasteiger partial charge in [0.05, 0.1) is 16.5 Å². The third-order valence-corrected chi connectivity index (χ3v) is 7.18. The van der Waals surface area contributed by atoms with Crippen molar-refractivity contribution >= 4 is 28.5 Å². The van der Waals surface area contributed by atoms with Crippen molar-refractivity contribution in [1.29, 1.82) is 0 Å². The number of ether oxygens (including phenoxy) is 2. The summed E-state index contributed by atoms with van der Waals surface area (Å²) in [6.07, 6.45) is -3.37. The summed E-state index contributed by atoms with van der Waals surface area (Å²) in [5.74, 6) is -2.77. The number of hydrogen-bond acceptors (Lipinski definition) is 6. The van der Waals surface area contributed by atoms with Crippen LogP contribution in [0.25, 0.3) is 11.0 Å². The highest BCUT2D eigenvalue weighted by atomic mass is 35.5. The van der Waals surface area contributed by atoms with Crippen LogP contribution in [0, 0.1) is 11.8 Å². The Morgan fingerprint density at radius 2 is 1.56 bits per heavy atom. The van der Waals surface area contributed by atoms with Crippen molar-refractivity contribution in [3.63, 3.8) is 0 Å². The third-order valence-electron chi connectivity index (χ3n) is 6.93. The average Bonchev–Trinajstić information content (AvgIpc) is 2.95. The predicted octanol–water partition coefficient (Wildman–Crippen LogP) is 9.54. The lowest BCUT2D eigenvalue weighted by molar-refractivity contribution is -0.154. The van der Waals surface area contributed by atoms with Gasteiger partial charge < -0.3 is 13.9 Å². The zero-order chi connectivity index (χ0) is 32.9. The minimum atomic E-state index is -5.06. The van der Waals surface area contributed by atoms with E-state index in [2.05, 4.69) is 0 Å². The van der Waals surface area contributed by atoms with Gasteiger partial charge in [0.1, 0.15) is 17.1 Å². The molecule has 0 saturated carbocycles. The molecule has 0 unspecified atom stereocenters. The number of hydrogen-bond donors (Lipinski definition) is 0. The lowest BCUT2D eigenvalue weighted by Gasteiger charge is -2.27. The van der Waals surface area contributed by atoms with E-state index >= 15 is 0 Å². The zero-order valence-corrected chi connectivity index (χ0v) is 26.7. The standard InChI is InChI=1S/C35H37ClF3NO5/c1-6-7-23-8-14-26(15-9-23)43-32-30(41)27-16-17-29(44-34(42)24-10-12-25(36)13-11-24)28(31(27)45-33(32)35(37,38)39)20-40(18-21(2)3)19-22(4)5/h8-17,21-22H,6-7,18-20H2,1-5H3. The van der Waals surface area contributed by atoms with Crippen LogP contribution in [0.2, 0.25) is 5.02 Å². The monoisotopic (exact) mass is 643 g/mol. The Balaban J connectivity index is 1.89. The molecule has 1 heterocycles. The quantitative estimate of drug-likeness (QED) is 0.113. The summed E-state index contributed by atoms with van der Waals surface area (Å²) < 4.78 is 60.4. The average molecular weight is 644 g/mol. The highest BCUT2D eigenvalue weighted by Crippen LogP contribution is 2.40. The maximum absolute atomic E-state index is 14.5. The van der Waals surface area contributed by atoms with Crippen molar-refractivity contribution in [3.05, 3.63) is 98.4 Å². The number of benzene rings is 3. The van der Waals surface area contributed by atoms with E-state index in [1.165, 1.54) is 48.5 Å². The lowest BCUT2D eigenvalue weighted by atomic mass is 10.1. The summed E-state index contributed by atoms with van der Waals surface area (Å²) in [4.78, 5) is 28.9. The molecule has 1 aromatic heterocycles. The Morgan fingerprint density at radius 3 is 2.11 bits per heavy atom. The minimum absolute atomic E-state index is 0.0172. The van der Waals surface area contributed by atoms with Crippen LogP contribution in [-0.4, -0.2) is 24.0 Å². The molecular weight excluding hydrogens is 607 g/mol. The molecule has 0 radical (unpaired) electrons. The normalized spacial score (nSPS) is 12.0. The summed E-state index contributed by atoms with van der Waals surface area (Å²) in [6.45, 7) is 11.4. The van der Waals surface area contributed by atoms with Crippen molar-refractivity contribution < 1.29 is 31.9 Å². The van der Waals surface area contributed by atoms with Gasteiger partial charge in [-0.15, -0.1) is 0 Å². The molecule has 6 nitrogen and oxygen atoms in total. The molecule has 0 aliphatic heterocycles. The first kappa shape index (κ1) is 34.1. The van der Waals surface area contributed by atoms with Crippen molar-refractivity contribution in [2.24, 2.45) is 11.8 Å². The number of carbonyl (C=O) groups is 1. The fourth-order valence-corrected chi connectivity index (χ4v) is 5.27. The summed E-state index contributed by atoms with van der Waals surface area (Å²) in [5, 5.41) is 0.295. The van der Waals surface area contributed by atoms with Gasteiger partial charge in [-0.3, -0.25) is 9.69 Å². The summed E-state index contributed by atoms with van der Waals surface area (Å²) in [7, 11) is 0. The molecule has 0 bridgehead atoms. The maximum Gasteiger partial charge on any atom is 0.453 e. The second kappa shape index (κ2) is 14.5. The zero-order valence-electron chi connectivity index (χ0n) is 26.0. The largest absolute Gasteiger partial charge is 0.453 e. The van der Waals surface area contributed by atoms with Crippen LogP contribution in [0.1, 0.15) is 68.3 Å². The number of rotatable bonds is 12. The second-order valence-corrected chi connectivity index (χ2v) is 12.3. The number of halogens is 4. The number of aryl methyl sites for hydroxylation is 1. The van der Waals surface area contributed by atoms with Crippen molar-refractivity contribution in [2.45, 2.75) is 60.2 Å². The molecule has 4 aromatic rings. The Kier molecular flexibility index (Phi) is 11.0. The third kappa shape index (κ3) is 8.67. The van der Waals surface area contributed by atoms with Gasteiger partial charge in [0, 0.05) is 24.7 Å². The van der Waals surface area contributed by atoms with Crippen LogP contribution >= 0.6 is 11.6 Å². The Hall–Kier alpha value is -3.82. The second-order valence-electron chi connectivity index (χ2n) is 11.9. The SMILES string of the molecule is CCCc1ccc(Oc2c(C(F)(F)F)oc3c(CN(CC(C)C)CC(C)C)c(OC(=O)c4ccc(Cl)cc4)ccc3c2=O)cc1. The molecule has 0 spiro atoms. The van der Waals surface area contributed by atoms with Crippen LogP contribution in [0.4, 0.5) is 13.2 Å². The molecule has 4 rings (SSSR count). The molecule has 0 fully saturated rings. The Morgan fingerprint density at radius 1 is 0.933 bits per heavy atom. The molecule has 0 amide bonds. The van der Waals surface area contributed by atoms with E-state index in [4.69, 9.17) is 25.5 Å². The number of nitrogens with zero attached hydrogens (tertiary/aromatic N) is 1. The fourth-order valence-electron chi connectivity index (χ4n) is 5.14. The van der Waals surface area contributed by atoms with Crippen LogP contribution in [0.3, 0.4) is 0 Å². The molecule has 0 aliphatic rings. The first-order chi connectivity index (χ1) is 21.3. The topological polar surface area (TPSA) is 69.0 Å². The van der Waals surface area contributed by atoms with Gasteiger partial charge in [0.2, 0.25) is 11.2 Å². The number of carbonyl (C=O) groups excluding carboxylic acids is 1. The number of fused-ring (bicyclic) bond motifs is 1.